The highest BCUT2D eigenvalue weighted by Gasteiger charge is 2.21. The maximum absolute atomic E-state index is 12.8. The number of pyridine rings is 1. The Labute approximate surface area is 163 Å². The van der Waals surface area contributed by atoms with Gasteiger partial charge in [-0.25, -0.2) is 4.52 Å². The summed E-state index contributed by atoms with van der Waals surface area (Å²) in [5, 5.41) is 11.6. The van der Waals surface area contributed by atoms with Crippen LogP contribution in [0.5, 0.6) is 0 Å². The average Bonchev–Trinajstić information content (AvgIpc) is 3.37. The SMILES string of the molecule is Cc1ncc(N)cc1NC(=O)c1cnn2cc(-c3cnn4c3COCC4)sc12. The van der Waals surface area contributed by atoms with Crippen LogP contribution in [0.3, 0.4) is 0 Å². The summed E-state index contributed by atoms with van der Waals surface area (Å²) in [5.74, 6) is -0.251. The molecule has 0 aromatic carbocycles. The molecule has 4 aromatic rings. The van der Waals surface area contributed by atoms with Crippen LogP contribution in [0.2, 0.25) is 0 Å². The number of nitrogens with zero attached hydrogens (tertiary/aromatic N) is 5. The number of aromatic nitrogens is 5. The number of amides is 1. The molecular formula is C18H17N7O2S. The van der Waals surface area contributed by atoms with Crippen molar-refractivity contribution in [3.05, 3.63) is 47.8 Å². The molecule has 9 nitrogen and oxygen atoms in total. The standard InChI is InChI=1S/C18H17N7O2S/c1-10-14(4-11(19)5-20-10)23-17(26)13-7-22-25-8-16(28-18(13)25)12-6-21-24-2-3-27-9-15(12)24/h4-8H,2-3,9,19H2,1H3,(H,23,26). The van der Waals surface area contributed by atoms with Gasteiger partial charge in [0.05, 0.1) is 71.6 Å². The molecule has 3 N–H and O–H groups in total. The van der Waals surface area contributed by atoms with Crippen LogP contribution >= 0.6 is 11.3 Å². The molecule has 1 amide bonds. The predicted octanol–water partition coefficient (Wildman–Crippen LogP) is 2.33. The summed E-state index contributed by atoms with van der Waals surface area (Å²) in [5.41, 5.74) is 10.1. The van der Waals surface area contributed by atoms with E-state index >= 15 is 0 Å². The van der Waals surface area contributed by atoms with Gasteiger partial charge in [-0.05, 0) is 13.0 Å². The summed E-state index contributed by atoms with van der Waals surface area (Å²) in [6, 6.07) is 1.69. The van der Waals surface area contributed by atoms with Crippen molar-refractivity contribution < 1.29 is 9.53 Å². The van der Waals surface area contributed by atoms with Crippen molar-refractivity contribution in [1.29, 1.82) is 0 Å². The Kier molecular flexibility index (Phi) is 3.88. The van der Waals surface area contributed by atoms with Gasteiger partial charge < -0.3 is 15.8 Å². The van der Waals surface area contributed by atoms with Gasteiger partial charge in [0.1, 0.15) is 4.83 Å². The third-order valence-electron chi connectivity index (χ3n) is 4.70. The van der Waals surface area contributed by atoms with E-state index in [0.29, 0.717) is 35.8 Å². The summed E-state index contributed by atoms with van der Waals surface area (Å²) in [6.07, 6.45) is 6.88. The first kappa shape index (κ1) is 16.9. The molecule has 0 saturated carbocycles. The van der Waals surface area contributed by atoms with Crippen molar-refractivity contribution >= 4 is 33.4 Å². The van der Waals surface area contributed by atoms with E-state index in [0.717, 1.165) is 27.5 Å². The zero-order valence-corrected chi connectivity index (χ0v) is 15.9. The third-order valence-corrected chi connectivity index (χ3v) is 5.84. The number of hydrogen-bond donors (Lipinski definition) is 2. The van der Waals surface area contributed by atoms with Gasteiger partial charge >= 0.3 is 0 Å². The molecule has 1 aliphatic heterocycles. The van der Waals surface area contributed by atoms with Crippen LogP contribution in [0, 0.1) is 6.92 Å². The molecule has 0 unspecified atom stereocenters. The van der Waals surface area contributed by atoms with E-state index in [4.69, 9.17) is 10.5 Å². The molecule has 1 aliphatic rings. The summed E-state index contributed by atoms with van der Waals surface area (Å²) < 4.78 is 9.24. The minimum atomic E-state index is -0.251. The first-order valence-corrected chi connectivity index (χ1v) is 9.55. The molecule has 5 rings (SSSR count). The number of ether oxygens (including phenoxy) is 1. The van der Waals surface area contributed by atoms with Crippen LogP contribution in [0.1, 0.15) is 21.7 Å². The summed E-state index contributed by atoms with van der Waals surface area (Å²) in [6.45, 7) is 3.77. The fourth-order valence-corrected chi connectivity index (χ4v) is 4.30. The van der Waals surface area contributed by atoms with Crippen LogP contribution < -0.4 is 11.1 Å². The van der Waals surface area contributed by atoms with Gasteiger partial charge in [0.2, 0.25) is 0 Å². The summed E-state index contributed by atoms with van der Waals surface area (Å²) in [7, 11) is 0. The Morgan fingerprint density at radius 3 is 3.11 bits per heavy atom. The molecule has 0 bridgehead atoms. The Morgan fingerprint density at radius 2 is 2.21 bits per heavy atom. The Hall–Kier alpha value is -3.24. The first-order chi connectivity index (χ1) is 13.6. The molecule has 10 heteroatoms. The van der Waals surface area contributed by atoms with E-state index in [1.807, 2.05) is 24.0 Å². The van der Waals surface area contributed by atoms with Crippen molar-refractivity contribution in [3.63, 3.8) is 0 Å². The first-order valence-electron chi connectivity index (χ1n) is 8.73. The molecule has 0 radical (unpaired) electrons. The number of nitrogens with two attached hydrogens (primary N) is 1. The number of nitrogens with one attached hydrogen (secondary N) is 1. The second kappa shape index (κ2) is 6.43. The second-order valence-electron chi connectivity index (χ2n) is 6.54. The van der Waals surface area contributed by atoms with Crippen molar-refractivity contribution in [3.8, 4) is 10.4 Å². The number of carbonyl (C=O) groups excluding carboxylic acids is 1. The lowest BCUT2D eigenvalue weighted by molar-refractivity contribution is 0.0804. The summed E-state index contributed by atoms with van der Waals surface area (Å²) >= 11 is 1.50. The number of carbonyl (C=O) groups is 1. The van der Waals surface area contributed by atoms with Gasteiger partial charge in [-0.3, -0.25) is 14.5 Å². The molecule has 0 aliphatic carbocycles. The van der Waals surface area contributed by atoms with Crippen LogP contribution in [0.15, 0.2) is 30.9 Å². The maximum Gasteiger partial charge on any atom is 0.260 e. The highest BCUT2D eigenvalue weighted by Crippen LogP contribution is 2.34. The average molecular weight is 395 g/mol. The molecule has 0 saturated heterocycles. The van der Waals surface area contributed by atoms with Gasteiger partial charge in [0.15, 0.2) is 0 Å². The number of anilines is 2. The van der Waals surface area contributed by atoms with E-state index < -0.39 is 0 Å². The maximum atomic E-state index is 12.8. The normalized spacial score (nSPS) is 13.6. The highest BCUT2D eigenvalue weighted by atomic mass is 32.1. The lowest BCUT2D eigenvalue weighted by Crippen LogP contribution is -2.17. The molecule has 0 spiro atoms. The van der Waals surface area contributed by atoms with E-state index in [1.54, 1.807) is 23.0 Å². The van der Waals surface area contributed by atoms with Crippen LogP contribution in [-0.2, 0) is 17.9 Å². The monoisotopic (exact) mass is 395 g/mol. The molecule has 0 atom stereocenters. The number of fused-ring (bicyclic) bond motifs is 2. The smallest absolute Gasteiger partial charge is 0.260 e. The quantitative estimate of drug-likeness (QED) is 0.551. The van der Waals surface area contributed by atoms with Crippen LogP contribution in [0.4, 0.5) is 11.4 Å². The minimum Gasteiger partial charge on any atom is -0.397 e. The lowest BCUT2D eigenvalue weighted by atomic mass is 10.2. The van der Waals surface area contributed by atoms with Crippen molar-refractivity contribution in [2.24, 2.45) is 0 Å². The van der Waals surface area contributed by atoms with Crippen molar-refractivity contribution in [1.82, 2.24) is 24.4 Å². The topological polar surface area (TPSA) is 112 Å². The van der Waals surface area contributed by atoms with E-state index in [1.165, 1.54) is 11.3 Å². The zero-order chi connectivity index (χ0) is 19.3. The Bertz CT molecular complexity index is 1210. The predicted molar refractivity (Wildman–Crippen MR) is 105 cm³/mol. The third kappa shape index (κ3) is 2.74. The molecule has 0 fully saturated rings. The second-order valence-corrected chi connectivity index (χ2v) is 7.57. The zero-order valence-electron chi connectivity index (χ0n) is 15.0. The lowest BCUT2D eigenvalue weighted by Gasteiger charge is -2.14. The van der Waals surface area contributed by atoms with E-state index in [9.17, 15) is 4.79 Å². The van der Waals surface area contributed by atoms with Gasteiger partial charge in [-0.2, -0.15) is 10.2 Å². The van der Waals surface area contributed by atoms with Gasteiger partial charge in [-0.15, -0.1) is 11.3 Å². The molecule has 28 heavy (non-hydrogen) atoms. The van der Waals surface area contributed by atoms with Crippen molar-refractivity contribution in [2.75, 3.05) is 17.7 Å². The van der Waals surface area contributed by atoms with Crippen molar-refractivity contribution in [2.45, 2.75) is 20.1 Å². The number of nitrogen functional groups attached to an aromatic ring is 1. The Balaban J connectivity index is 1.49. The Morgan fingerprint density at radius 1 is 1.32 bits per heavy atom. The molecule has 5 heterocycles. The number of aryl methyl sites for hydroxylation is 1. The van der Waals surface area contributed by atoms with Crippen LogP contribution in [-0.4, -0.2) is 36.9 Å². The fourth-order valence-electron chi connectivity index (χ4n) is 3.21. The number of thiazole rings is 1. The minimum absolute atomic E-state index is 0.251. The largest absolute Gasteiger partial charge is 0.397 e. The fraction of sp³-hybridized carbons (Fsp3) is 0.222. The highest BCUT2D eigenvalue weighted by molar-refractivity contribution is 7.21. The van der Waals surface area contributed by atoms with Gasteiger partial charge in [-0.1, -0.05) is 0 Å². The van der Waals surface area contributed by atoms with E-state index in [2.05, 4.69) is 20.5 Å². The molecule has 4 aromatic heterocycles. The van der Waals surface area contributed by atoms with Gasteiger partial charge in [0, 0.05) is 11.8 Å². The van der Waals surface area contributed by atoms with E-state index in [-0.39, 0.29) is 5.91 Å². The summed E-state index contributed by atoms with van der Waals surface area (Å²) in [4.78, 5) is 18.7. The van der Waals surface area contributed by atoms with Gasteiger partial charge in [0.25, 0.3) is 5.91 Å². The number of rotatable bonds is 3. The van der Waals surface area contributed by atoms with Crippen LogP contribution in [0.25, 0.3) is 15.3 Å². The molecular weight excluding hydrogens is 378 g/mol. The number of hydrogen-bond acceptors (Lipinski definition) is 7. The molecule has 142 valence electrons.